The highest BCUT2D eigenvalue weighted by Crippen LogP contribution is 2.14. The molecule has 0 aliphatic heterocycles. The first kappa shape index (κ1) is 14.2. The standard InChI is InChI=1S/C12H9N3O3S2/c1-9(12-14-10(7-13)8-19-12)15-18-20(16,17)11-5-3-2-4-6-11/h2-6,8H,1H3/b15-9+. The van der Waals surface area contributed by atoms with E-state index >= 15 is 0 Å². The van der Waals surface area contributed by atoms with Crippen LogP contribution in [0.15, 0.2) is 45.8 Å². The summed E-state index contributed by atoms with van der Waals surface area (Å²) in [5.74, 6) is 0. The predicted octanol–water partition coefficient (Wildman–Crippen LogP) is 2.14. The maximum atomic E-state index is 11.8. The summed E-state index contributed by atoms with van der Waals surface area (Å²) in [5, 5.41) is 14.2. The second-order valence-electron chi connectivity index (χ2n) is 3.67. The lowest BCUT2D eigenvalue weighted by Gasteiger charge is -2.01. The van der Waals surface area contributed by atoms with Gasteiger partial charge in [0.1, 0.15) is 21.7 Å². The van der Waals surface area contributed by atoms with Crippen molar-refractivity contribution in [1.82, 2.24) is 4.98 Å². The lowest BCUT2D eigenvalue weighted by molar-refractivity contribution is 0.339. The van der Waals surface area contributed by atoms with Gasteiger partial charge in [-0.25, -0.2) is 4.98 Å². The summed E-state index contributed by atoms with van der Waals surface area (Å²) in [6.07, 6.45) is 0. The van der Waals surface area contributed by atoms with Gasteiger partial charge in [-0.3, -0.25) is 4.28 Å². The van der Waals surface area contributed by atoms with Crippen LogP contribution in [0.3, 0.4) is 0 Å². The molecule has 0 N–H and O–H groups in total. The van der Waals surface area contributed by atoms with E-state index in [-0.39, 0.29) is 16.3 Å². The molecule has 6 nitrogen and oxygen atoms in total. The summed E-state index contributed by atoms with van der Waals surface area (Å²) >= 11 is 1.19. The van der Waals surface area contributed by atoms with E-state index in [1.54, 1.807) is 30.5 Å². The Labute approximate surface area is 120 Å². The molecule has 0 saturated carbocycles. The normalized spacial score (nSPS) is 11.9. The van der Waals surface area contributed by atoms with Gasteiger partial charge in [-0.05, 0) is 19.1 Å². The minimum Gasteiger partial charge on any atom is -0.264 e. The van der Waals surface area contributed by atoms with E-state index in [1.807, 2.05) is 6.07 Å². The lowest BCUT2D eigenvalue weighted by atomic mass is 10.4. The van der Waals surface area contributed by atoms with Gasteiger partial charge in [0.05, 0.1) is 0 Å². The summed E-state index contributed by atoms with van der Waals surface area (Å²) in [6, 6.07) is 9.59. The summed E-state index contributed by atoms with van der Waals surface area (Å²) in [6.45, 7) is 1.56. The fraction of sp³-hybridized carbons (Fsp3) is 0.0833. The van der Waals surface area contributed by atoms with E-state index in [0.29, 0.717) is 5.01 Å². The minimum atomic E-state index is -3.94. The smallest absolute Gasteiger partial charge is 0.264 e. The second-order valence-corrected chi connectivity index (χ2v) is 6.05. The predicted molar refractivity (Wildman–Crippen MR) is 73.8 cm³/mol. The molecule has 0 bridgehead atoms. The largest absolute Gasteiger partial charge is 0.358 e. The monoisotopic (exact) mass is 307 g/mol. The van der Waals surface area contributed by atoms with Crippen molar-refractivity contribution in [2.45, 2.75) is 11.8 Å². The van der Waals surface area contributed by atoms with Gasteiger partial charge < -0.3 is 0 Å². The van der Waals surface area contributed by atoms with Crippen molar-refractivity contribution < 1.29 is 12.7 Å². The molecule has 0 atom stereocenters. The molecule has 0 unspecified atom stereocenters. The van der Waals surface area contributed by atoms with Gasteiger partial charge in [0.15, 0.2) is 5.69 Å². The van der Waals surface area contributed by atoms with Gasteiger partial charge in [-0.1, -0.05) is 23.4 Å². The van der Waals surface area contributed by atoms with Crippen LogP contribution in [0, 0.1) is 11.3 Å². The molecular formula is C12H9N3O3S2. The summed E-state index contributed by atoms with van der Waals surface area (Å²) in [5.41, 5.74) is 0.543. The molecule has 0 fully saturated rings. The Morgan fingerprint density at radius 1 is 1.40 bits per heavy atom. The molecule has 2 rings (SSSR count). The van der Waals surface area contributed by atoms with Crippen LogP contribution < -0.4 is 0 Å². The molecular weight excluding hydrogens is 298 g/mol. The highest BCUT2D eigenvalue weighted by Gasteiger charge is 2.15. The van der Waals surface area contributed by atoms with Crippen molar-refractivity contribution in [3.05, 3.63) is 46.4 Å². The van der Waals surface area contributed by atoms with E-state index in [0.717, 1.165) is 0 Å². The van der Waals surface area contributed by atoms with E-state index in [1.165, 1.54) is 23.5 Å². The molecule has 1 heterocycles. The Kier molecular flexibility index (Phi) is 4.12. The first-order valence-electron chi connectivity index (χ1n) is 5.42. The molecule has 0 radical (unpaired) electrons. The van der Waals surface area contributed by atoms with E-state index < -0.39 is 10.1 Å². The Balaban J connectivity index is 2.19. The van der Waals surface area contributed by atoms with Gasteiger partial charge >= 0.3 is 10.1 Å². The number of hydrogen-bond donors (Lipinski definition) is 0. The van der Waals surface area contributed by atoms with Gasteiger partial charge in [0.2, 0.25) is 0 Å². The Hall–Kier alpha value is -2.24. The van der Waals surface area contributed by atoms with Crippen LogP contribution in [0.2, 0.25) is 0 Å². The summed E-state index contributed by atoms with van der Waals surface area (Å²) in [7, 11) is -3.94. The zero-order valence-corrected chi connectivity index (χ0v) is 12.0. The molecule has 1 aromatic carbocycles. The maximum absolute atomic E-state index is 11.8. The molecule has 20 heavy (non-hydrogen) atoms. The number of benzene rings is 1. The average Bonchev–Trinajstić information content (AvgIpc) is 2.95. The summed E-state index contributed by atoms with van der Waals surface area (Å²) in [4.78, 5) is 3.98. The lowest BCUT2D eigenvalue weighted by Crippen LogP contribution is -2.04. The molecule has 102 valence electrons. The van der Waals surface area contributed by atoms with E-state index in [4.69, 9.17) is 5.26 Å². The third-order valence-electron chi connectivity index (χ3n) is 2.23. The molecule has 0 spiro atoms. The summed E-state index contributed by atoms with van der Waals surface area (Å²) < 4.78 is 28.3. The van der Waals surface area contributed by atoms with Crippen LogP contribution in [0.4, 0.5) is 0 Å². The highest BCUT2D eigenvalue weighted by atomic mass is 32.2. The van der Waals surface area contributed by atoms with Gasteiger partial charge in [0, 0.05) is 5.38 Å². The van der Waals surface area contributed by atoms with Crippen molar-refractivity contribution in [1.29, 1.82) is 5.26 Å². The van der Waals surface area contributed by atoms with Gasteiger partial charge in [0.25, 0.3) is 0 Å². The maximum Gasteiger partial charge on any atom is 0.358 e. The van der Waals surface area contributed by atoms with Crippen molar-refractivity contribution in [2.75, 3.05) is 0 Å². The number of nitrogens with zero attached hydrogens (tertiary/aromatic N) is 3. The molecule has 0 amide bonds. The third-order valence-corrected chi connectivity index (χ3v) is 4.30. The Morgan fingerprint density at radius 3 is 2.70 bits per heavy atom. The molecule has 0 saturated heterocycles. The highest BCUT2D eigenvalue weighted by molar-refractivity contribution is 7.86. The minimum absolute atomic E-state index is 0.0217. The van der Waals surface area contributed by atoms with E-state index in [2.05, 4.69) is 14.4 Å². The van der Waals surface area contributed by atoms with Gasteiger partial charge in [-0.2, -0.15) is 13.7 Å². The van der Waals surface area contributed by atoms with Crippen LogP contribution >= 0.6 is 11.3 Å². The number of rotatable bonds is 4. The van der Waals surface area contributed by atoms with Crippen molar-refractivity contribution in [2.24, 2.45) is 5.16 Å². The number of aromatic nitrogens is 1. The fourth-order valence-corrected chi connectivity index (χ4v) is 2.74. The van der Waals surface area contributed by atoms with Crippen LogP contribution in [-0.4, -0.2) is 19.1 Å². The first-order chi connectivity index (χ1) is 9.53. The van der Waals surface area contributed by atoms with Crippen LogP contribution in [-0.2, 0) is 14.4 Å². The van der Waals surface area contributed by atoms with Crippen molar-refractivity contribution in [3.63, 3.8) is 0 Å². The second kappa shape index (κ2) is 5.81. The number of oxime groups is 1. The topological polar surface area (TPSA) is 92.4 Å². The SMILES string of the molecule is C/C(=N\OS(=O)(=O)c1ccccc1)c1nc(C#N)cs1. The number of thiazole rings is 1. The number of hydrogen-bond acceptors (Lipinski definition) is 7. The zero-order chi connectivity index (χ0) is 14.6. The third kappa shape index (κ3) is 3.20. The Morgan fingerprint density at radius 2 is 2.10 bits per heavy atom. The van der Waals surface area contributed by atoms with Gasteiger partial charge in [-0.15, -0.1) is 11.3 Å². The van der Waals surface area contributed by atoms with Crippen molar-refractivity contribution >= 4 is 27.2 Å². The van der Waals surface area contributed by atoms with Crippen molar-refractivity contribution in [3.8, 4) is 6.07 Å². The quantitative estimate of drug-likeness (QED) is 0.637. The first-order valence-corrected chi connectivity index (χ1v) is 7.71. The fourth-order valence-electron chi connectivity index (χ4n) is 1.27. The van der Waals surface area contributed by atoms with Crippen LogP contribution in [0.25, 0.3) is 0 Å². The molecule has 8 heteroatoms. The Bertz CT molecular complexity index is 774. The molecule has 2 aromatic rings. The van der Waals surface area contributed by atoms with Crippen LogP contribution in [0.5, 0.6) is 0 Å². The molecule has 1 aromatic heterocycles. The van der Waals surface area contributed by atoms with Crippen LogP contribution in [0.1, 0.15) is 17.6 Å². The molecule has 0 aliphatic carbocycles. The molecule has 0 aliphatic rings. The number of nitriles is 1. The van der Waals surface area contributed by atoms with E-state index in [9.17, 15) is 8.42 Å². The zero-order valence-electron chi connectivity index (χ0n) is 10.3. The average molecular weight is 307 g/mol.